The predicted molar refractivity (Wildman–Crippen MR) is 75.7 cm³/mol. The molecule has 1 aromatic carbocycles. The molecule has 0 radical (unpaired) electrons. The number of nitrogens with zero attached hydrogens (tertiary/aromatic N) is 1. The Bertz CT molecular complexity index is 573. The SMILES string of the molecule is O=C(NCCC(=O)N1CCC[C@@H]1C(=O)O)c1ccc(F)cc1. The van der Waals surface area contributed by atoms with Crippen molar-refractivity contribution in [2.24, 2.45) is 0 Å². The van der Waals surface area contributed by atoms with Crippen molar-refractivity contribution in [3.05, 3.63) is 35.6 Å². The number of carbonyl (C=O) groups is 3. The maximum atomic E-state index is 12.8. The van der Waals surface area contributed by atoms with E-state index in [9.17, 15) is 18.8 Å². The fraction of sp³-hybridized carbons (Fsp3) is 0.400. The molecule has 1 fully saturated rings. The Hall–Kier alpha value is -2.44. The maximum absolute atomic E-state index is 12.8. The highest BCUT2D eigenvalue weighted by molar-refractivity contribution is 5.94. The summed E-state index contributed by atoms with van der Waals surface area (Å²) in [5, 5.41) is 11.6. The van der Waals surface area contributed by atoms with Crippen molar-refractivity contribution in [1.29, 1.82) is 0 Å². The molecule has 118 valence electrons. The van der Waals surface area contributed by atoms with E-state index in [1.165, 1.54) is 29.2 Å². The van der Waals surface area contributed by atoms with Crippen LogP contribution in [0.25, 0.3) is 0 Å². The standard InChI is InChI=1S/C15H17FN2O4/c16-11-5-3-10(4-6-11)14(20)17-8-7-13(19)18-9-1-2-12(18)15(21)22/h3-6,12H,1-2,7-9H2,(H,17,20)(H,21,22)/t12-/m1/s1. The molecule has 1 heterocycles. The quantitative estimate of drug-likeness (QED) is 0.850. The second-order valence-electron chi connectivity index (χ2n) is 5.10. The summed E-state index contributed by atoms with van der Waals surface area (Å²) in [5.41, 5.74) is 0.304. The number of likely N-dealkylation sites (tertiary alicyclic amines) is 1. The van der Waals surface area contributed by atoms with E-state index >= 15 is 0 Å². The molecule has 1 atom stereocenters. The number of rotatable bonds is 5. The van der Waals surface area contributed by atoms with Gasteiger partial charge >= 0.3 is 5.97 Å². The largest absolute Gasteiger partial charge is 0.480 e. The van der Waals surface area contributed by atoms with Crippen LogP contribution in [0.4, 0.5) is 4.39 Å². The van der Waals surface area contributed by atoms with E-state index in [-0.39, 0.29) is 18.9 Å². The Morgan fingerprint density at radius 3 is 2.59 bits per heavy atom. The van der Waals surface area contributed by atoms with E-state index in [1.807, 2.05) is 0 Å². The van der Waals surface area contributed by atoms with Gasteiger partial charge in [0.15, 0.2) is 0 Å². The number of carboxylic acid groups (broad SMARTS) is 1. The van der Waals surface area contributed by atoms with Crippen molar-refractivity contribution in [3.8, 4) is 0 Å². The molecule has 0 aromatic heterocycles. The second kappa shape index (κ2) is 7.02. The number of hydrogen-bond donors (Lipinski definition) is 2. The fourth-order valence-electron chi connectivity index (χ4n) is 2.45. The van der Waals surface area contributed by atoms with Crippen LogP contribution in [0, 0.1) is 5.82 Å². The van der Waals surface area contributed by atoms with Gasteiger partial charge in [0.25, 0.3) is 5.91 Å². The lowest BCUT2D eigenvalue weighted by atomic mass is 10.2. The van der Waals surface area contributed by atoms with Crippen LogP contribution in [0.5, 0.6) is 0 Å². The van der Waals surface area contributed by atoms with E-state index in [4.69, 9.17) is 5.11 Å². The van der Waals surface area contributed by atoms with Crippen molar-refractivity contribution in [2.45, 2.75) is 25.3 Å². The average Bonchev–Trinajstić information content (AvgIpc) is 2.97. The number of carboxylic acids is 1. The number of nitrogens with one attached hydrogen (secondary N) is 1. The smallest absolute Gasteiger partial charge is 0.326 e. The van der Waals surface area contributed by atoms with Gasteiger partial charge in [-0.3, -0.25) is 9.59 Å². The number of halogens is 1. The first-order valence-corrected chi connectivity index (χ1v) is 7.05. The number of hydrogen-bond acceptors (Lipinski definition) is 3. The zero-order valence-electron chi connectivity index (χ0n) is 11.9. The molecular formula is C15H17FN2O4. The second-order valence-corrected chi connectivity index (χ2v) is 5.10. The molecule has 7 heteroatoms. The number of benzene rings is 1. The highest BCUT2D eigenvalue weighted by Gasteiger charge is 2.33. The third-order valence-corrected chi connectivity index (χ3v) is 3.59. The van der Waals surface area contributed by atoms with Crippen LogP contribution in [0.1, 0.15) is 29.6 Å². The first-order valence-electron chi connectivity index (χ1n) is 7.05. The summed E-state index contributed by atoms with van der Waals surface area (Å²) in [6, 6.07) is 4.31. The minimum atomic E-state index is -0.999. The molecule has 1 saturated heterocycles. The van der Waals surface area contributed by atoms with Gasteiger partial charge in [-0.25, -0.2) is 9.18 Å². The van der Waals surface area contributed by atoms with Crippen LogP contribution in [-0.4, -0.2) is 46.9 Å². The minimum Gasteiger partial charge on any atom is -0.480 e. The normalized spacial score (nSPS) is 17.3. The average molecular weight is 308 g/mol. The summed E-state index contributed by atoms with van der Waals surface area (Å²) >= 11 is 0. The molecule has 1 aliphatic rings. The molecule has 0 aliphatic carbocycles. The van der Waals surface area contributed by atoms with E-state index in [0.29, 0.717) is 24.9 Å². The van der Waals surface area contributed by atoms with E-state index in [1.54, 1.807) is 0 Å². The van der Waals surface area contributed by atoms with Crippen molar-refractivity contribution in [3.63, 3.8) is 0 Å². The summed E-state index contributed by atoms with van der Waals surface area (Å²) in [4.78, 5) is 36.1. The van der Waals surface area contributed by atoms with Gasteiger partial charge in [-0.15, -0.1) is 0 Å². The molecule has 6 nitrogen and oxygen atoms in total. The summed E-state index contributed by atoms with van der Waals surface area (Å²) < 4.78 is 12.8. The van der Waals surface area contributed by atoms with Gasteiger partial charge in [0, 0.05) is 25.1 Å². The zero-order valence-corrected chi connectivity index (χ0v) is 11.9. The number of aliphatic carboxylic acids is 1. The molecule has 22 heavy (non-hydrogen) atoms. The van der Waals surface area contributed by atoms with Crippen LogP contribution >= 0.6 is 0 Å². The van der Waals surface area contributed by atoms with Crippen molar-refractivity contribution < 1.29 is 23.9 Å². The minimum absolute atomic E-state index is 0.0384. The third kappa shape index (κ3) is 3.81. The molecule has 2 amide bonds. The molecule has 2 N–H and O–H groups in total. The predicted octanol–water partition coefficient (Wildman–Crippen LogP) is 1.02. The lowest BCUT2D eigenvalue weighted by Gasteiger charge is -2.21. The van der Waals surface area contributed by atoms with Crippen molar-refractivity contribution in [1.82, 2.24) is 10.2 Å². The molecule has 1 aliphatic heterocycles. The van der Waals surface area contributed by atoms with Crippen LogP contribution in [0.3, 0.4) is 0 Å². The van der Waals surface area contributed by atoms with Crippen LogP contribution in [0.15, 0.2) is 24.3 Å². The Balaban J connectivity index is 1.80. The van der Waals surface area contributed by atoms with Crippen molar-refractivity contribution >= 4 is 17.8 Å². The molecule has 0 saturated carbocycles. The molecular weight excluding hydrogens is 291 g/mol. The number of amides is 2. The van der Waals surface area contributed by atoms with Gasteiger partial charge in [0.05, 0.1) is 0 Å². The Labute approximate surface area is 126 Å². The fourth-order valence-corrected chi connectivity index (χ4v) is 2.45. The van der Waals surface area contributed by atoms with Gasteiger partial charge in [-0.1, -0.05) is 0 Å². The molecule has 1 aromatic rings. The highest BCUT2D eigenvalue weighted by Crippen LogP contribution is 2.18. The Morgan fingerprint density at radius 1 is 1.27 bits per heavy atom. The van der Waals surface area contributed by atoms with E-state index in [2.05, 4.69) is 5.32 Å². The summed E-state index contributed by atoms with van der Waals surface area (Å²) in [6.45, 7) is 0.541. The third-order valence-electron chi connectivity index (χ3n) is 3.59. The van der Waals surface area contributed by atoms with Crippen LogP contribution < -0.4 is 5.32 Å². The summed E-state index contributed by atoms with van der Waals surface area (Å²) in [7, 11) is 0. The van der Waals surface area contributed by atoms with Gasteiger partial charge < -0.3 is 15.3 Å². The number of carbonyl (C=O) groups excluding carboxylic acids is 2. The van der Waals surface area contributed by atoms with Crippen LogP contribution in [-0.2, 0) is 9.59 Å². The Kier molecular flexibility index (Phi) is 5.08. The Morgan fingerprint density at radius 2 is 1.95 bits per heavy atom. The highest BCUT2D eigenvalue weighted by atomic mass is 19.1. The van der Waals surface area contributed by atoms with Gasteiger partial charge in [-0.05, 0) is 37.1 Å². The lowest BCUT2D eigenvalue weighted by molar-refractivity contribution is -0.148. The summed E-state index contributed by atoms with van der Waals surface area (Å²) in [6.07, 6.45) is 1.17. The zero-order chi connectivity index (χ0) is 16.1. The first-order chi connectivity index (χ1) is 10.5. The van der Waals surface area contributed by atoms with Gasteiger partial charge in [0.2, 0.25) is 5.91 Å². The van der Waals surface area contributed by atoms with E-state index in [0.717, 1.165) is 0 Å². The van der Waals surface area contributed by atoms with Gasteiger partial charge in [0.1, 0.15) is 11.9 Å². The molecule has 0 bridgehead atoms. The molecule has 2 rings (SSSR count). The summed E-state index contributed by atoms with van der Waals surface area (Å²) in [5.74, 6) is -2.12. The van der Waals surface area contributed by atoms with Crippen LogP contribution in [0.2, 0.25) is 0 Å². The maximum Gasteiger partial charge on any atom is 0.326 e. The lowest BCUT2D eigenvalue weighted by Crippen LogP contribution is -2.41. The van der Waals surface area contributed by atoms with E-state index < -0.39 is 23.7 Å². The molecule has 0 unspecified atom stereocenters. The monoisotopic (exact) mass is 308 g/mol. The topological polar surface area (TPSA) is 86.7 Å². The van der Waals surface area contributed by atoms with Crippen molar-refractivity contribution in [2.75, 3.05) is 13.1 Å². The molecule has 0 spiro atoms. The first kappa shape index (κ1) is 15.9. The van der Waals surface area contributed by atoms with Gasteiger partial charge in [-0.2, -0.15) is 0 Å².